The van der Waals surface area contributed by atoms with Crippen molar-refractivity contribution in [1.82, 2.24) is 15.6 Å². The van der Waals surface area contributed by atoms with Crippen LogP contribution in [0.1, 0.15) is 71.9 Å². The van der Waals surface area contributed by atoms with Crippen LogP contribution >= 0.6 is 11.3 Å². The van der Waals surface area contributed by atoms with E-state index in [1.165, 1.54) is 6.20 Å². The Labute approximate surface area is 235 Å². The van der Waals surface area contributed by atoms with Gasteiger partial charge in [-0.05, 0) is 51.0 Å². The van der Waals surface area contributed by atoms with Crippen LogP contribution in [-0.2, 0) is 26.3 Å². The van der Waals surface area contributed by atoms with Crippen molar-refractivity contribution < 1.29 is 24.2 Å². The minimum absolute atomic E-state index is 0.00695. The second-order valence-electron chi connectivity index (χ2n) is 11.8. The molecule has 2 rings (SSSR count). The predicted molar refractivity (Wildman–Crippen MR) is 153 cm³/mol. The molecule has 9 nitrogen and oxygen atoms in total. The van der Waals surface area contributed by atoms with Gasteiger partial charge >= 0.3 is 6.09 Å². The SMILES string of the molecule is CC(C)C[C@H](NC(=O)[C@H](Cc1ccccc1)NC(=O)OC(C)(C)C)C(=O)[C@@](O)(c1nccs1)[C@@H](N)CC(C)C. The normalized spacial score (nSPS) is 15.8. The van der Waals surface area contributed by atoms with E-state index in [2.05, 4.69) is 15.6 Å². The number of aromatic nitrogens is 1. The zero-order valence-corrected chi connectivity index (χ0v) is 24.9. The molecule has 0 aliphatic carbocycles. The van der Waals surface area contributed by atoms with Crippen LogP contribution in [0, 0.1) is 11.8 Å². The van der Waals surface area contributed by atoms with Crippen LogP contribution in [0.5, 0.6) is 0 Å². The molecular formula is C29H44N4O5S. The van der Waals surface area contributed by atoms with E-state index in [1.54, 1.807) is 26.2 Å². The Morgan fingerprint density at radius 2 is 1.62 bits per heavy atom. The van der Waals surface area contributed by atoms with Crippen LogP contribution in [0.15, 0.2) is 41.9 Å². The van der Waals surface area contributed by atoms with E-state index in [9.17, 15) is 19.5 Å². The summed E-state index contributed by atoms with van der Waals surface area (Å²) in [5.41, 5.74) is 4.42. The molecule has 0 radical (unpaired) electrons. The fraction of sp³-hybridized carbons (Fsp3) is 0.586. The summed E-state index contributed by atoms with van der Waals surface area (Å²) in [7, 11) is 0. The number of nitrogens with one attached hydrogen (secondary N) is 2. The molecule has 0 spiro atoms. The maximum absolute atomic E-state index is 14.1. The molecule has 0 saturated carbocycles. The molecule has 39 heavy (non-hydrogen) atoms. The summed E-state index contributed by atoms with van der Waals surface area (Å²) < 4.78 is 5.38. The summed E-state index contributed by atoms with van der Waals surface area (Å²) in [5, 5.41) is 19.2. The highest BCUT2D eigenvalue weighted by Gasteiger charge is 2.49. The molecule has 0 bridgehead atoms. The van der Waals surface area contributed by atoms with E-state index in [-0.39, 0.29) is 29.7 Å². The molecule has 4 atom stereocenters. The van der Waals surface area contributed by atoms with Gasteiger partial charge in [-0.3, -0.25) is 9.59 Å². The van der Waals surface area contributed by atoms with E-state index in [1.807, 2.05) is 58.0 Å². The molecule has 0 fully saturated rings. The van der Waals surface area contributed by atoms with Gasteiger partial charge in [0.15, 0.2) is 11.4 Å². The number of benzene rings is 1. The van der Waals surface area contributed by atoms with Crippen molar-refractivity contribution >= 4 is 29.1 Å². The lowest BCUT2D eigenvalue weighted by atomic mass is 9.80. The maximum Gasteiger partial charge on any atom is 0.408 e. The average Bonchev–Trinajstić information content (AvgIpc) is 3.36. The lowest BCUT2D eigenvalue weighted by Gasteiger charge is -2.35. The fourth-order valence-electron chi connectivity index (χ4n) is 4.29. The quantitative estimate of drug-likeness (QED) is 0.290. The first-order valence-corrected chi connectivity index (χ1v) is 14.3. The Morgan fingerprint density at radius 3 is 2.13 bits per heavy atom. The molecule has 1 aromatic heterocycles. The van der Waals surface area contributed by atoms with Crippen molar-refractivity contribution in [3.05, 3.63) is 52.5 Å². The first kappa shape index (κ1) is 32.4. The Hall–Kier alpha value is -2.82. The lowest BCUT2D eigenvalue weighted by Crippen LogP contribution is -2.60. The van der Waals surface area contributed by atoms with E-state index >= 15 is 0 Å². The Morgan fingerprint density at radius 1 is 1.00 bits per heavy atom. The van der Waals surface area contributed by atoms with Gasteiger partial charge in [-0.15, -0.1) is 11.3 Å². The van der Waals surface area contributed by atoms with Gasteiger partial charge in [0.1, 0.15) is 16.7 Å². The monoisotopic (exact) mass is 560 g/mol. The topological polar surface area (TPSA) is 144 Å². The molecule has 0 saturated heterocycles. The summed E-state index contributed by atoms with van der Waals surface area (Å²) in [4.78, 5) is 44.6. The molecule has 5 N–H and O–H groups in total. The maximum atomic E-state index is 14.1. The Kier molecular flexibility index (Phi) is 11.6. The van der Waals surface area contributed by atoms with Gasteiger partial charge in [0.2, 0.25) is 5.91 Å². The van der Waals surface area contributed by atoms with Crippen LogP contribution < -0.4 is 16.4 Å². The third kappa shape index (κ3) is 9.70. The number of Topliss-reactive ketones (excluding diaryl/α,β-unsaturated/α-hetero) is 1. The lowest BCUT2D eigenvalue weighted by molar-refractivity contribution is -0.146. The second-order valence-corrected chi connectivity index (χ2v) is 12.7. The van der Waals surface area contributed by atoms with Crippen molar-refractivity contribution in [1.29, 1.82) is 0 Å². The highest BCUT2D eigenvalue weighted by atomic mass is 32.1. The van der Waals surface area contributed by atoms with Crippen molar-refractivity contribution in [3.63, 3.8) is 0 Å². The van der Waals surface area contributed by atoms with Gasteiger partial charge in [-0.1, -0.05) is 58.0 Å². The van der Waals surface area contributed by atoms with Crippen molar-refractivity contribution in [2.45, 2.75) is 97.1 Å². The number of amides is 2. The molecule has 2 amide bonds. The van der Waals surface area contributed by atoms with Crippen LogP contribution in [0.25, 0.3) is 0 Å². The zero-order valence-electron chi connectivity index (χ0n) is 24.1. The number of hydrogen-bond acceptors (Lipinski definition) is 8. The van der Waals surface area contributed by atoms with E-state index in [0.29, 0.717) is 6.42 Å². The van der Waals surface area contributed by atoms with E-state index < -0.39 is 47.1 Å². The number of rotatable bonds is 13. The number of ketones is 1. The first-order valence-electron chi connectivity index (χ1n) is 13.4. The van der Waals surface area contributed by atoms with Crippen LogP contribution in [0.2, 0.25) is 0 Å². The third-order valence-electron chi connectivity index (χ3n) is 6.03. The number of thiazole rings is 1. The van der Waals surface area contributed by atoms with Gasteiger partial charge in [0.25, 0.3) is 0 Å². The number of nitrogens with zero attached hydrogens (tertiary/aromatic N) is 1. The predicted octanol–water partition coefficient (Wildman–Crippen LogP) is 3.94. The van der Waals surface area contributed by atoms with Crippen LogP contribution in [0.3, 0.4) is 0 Å². The van der Waals surface area contributed by atoms with Gasteiger partial charge in [0, 0.05) is 24.0 Å². The van der Waals surface area contributed by atoms with Gasteiger partial charge in [-0.25, -0.2) is 9.78 Å². The largest absolute Gasteiger partial charge is 0.444 e. The number of carbonyl (C=O) groups excluding carboxylic acids is 3. The molecular weight excluding hydrogens is 516 g/mol. The van der Waals surface area contributed by atoms with Gasteiger partial charge < -0.3 is 26.2 Å². The zero-order chi connectivity index (χ0) is 29.4. The summed E-state index contributed by atoms with van der Waals surface area (Å²) >= 11 is 1.14. The summed E-state index contributed by atoms with van der Waals surface area (Å²) in [6.45, 7) is 12.9. The molecule has 0 aliphatic heterocycles. The Balaban J connectivity index is 2.40. The molecule has 0 aliphatic rings. The molecule has 1 heterocycles. The van der Waals surface area contributed by atoms with Gasteiger partial charge in [0.05, 0.1) is 6.04 Å². The van der Waals surface area contributed by atoms with E-state index in [4.69, 9.17) is 10.5 Å². The molecule has 2 aromatic rings. The number of carbonyl (C=O) groups is 3. The summed E-state index contributed by atoms with van der Waals surface area (Å²) in [5.74, 6) is -1.07. The second kappa shape index (κ2) is 14.0. The van der Waals surface area contributed by atoms with Crippen molar-refractivity contribution in [3.8, 4) is 0 Å². The van der Waals surface area contributed by atoms with E-state index in [0.717, 1.165) is 16.9 Å². The molecule has 216 valence electrons. The van der Waals surface area contributed by atoms with Crippen molar-refractivity contribution in [2.24, 2.45) is 17.6 Å². The summed E-state index contributed by atoms with van der Waals surface area (Å²) in [6.07, 6.45) is 1.58. The number of aliphatic hydroxyl groups is 1. The van der Waals surface area contributed by atoms with Crippen molar-refractivity contribution in [2.75, 3.05) is 0 Å². The van der Waals surface area contributed by atoms with Gasteiger partial charge in [-0.2, -0.15) is 0 Å². The molecule has 10 heteroatoms. The minimum atomic E-state index is -2.08. The number of ether oxygens (including phenoxy) is 1. The number of alkyl carbamates (subject to hydrolysis) is 1. The van der Waals surface area contributed by atoms with Crippen LogP contribution in [0.4, 0.5) is 4.79 Å². The van der Waals surface area contributed by atoms with Crippen LogP contribution in [-0.4, -0.2) is 51.6 Å². The molecule has 1 aromatic carbocycles. The minimum Gasteiger partial charge on any atom is -0.444 e. The summed E-state index contributed by atoms with van der Waals surface area (Å²) in [6, 6.07) is 6.21. The standard InChI is InChI=1S/C29H44N4O5S/c1-18(2)15-21(24(34)29(37,23(30)16-19(3)4)26-31-13-14-39-26)32-25(35)22(17-20-11-9-8-10-12-20)33-27(36)38-28(5,6)7/h8-14,18-19,21-23,37H,15-17,30H2,1-7H3,(H,32,35)(H,33,36)/t21-,22-,23-,29+/m0/s1. The number of nitrogens with two attached hydrogens (primary N) is 1. The highest BCUT2D eigenvalue weighted by molar-refractivity contribution is 7.09. The third-order valence-corrected chi connectivity index (χ3v) is 6.92. The first-order chi connectivity index (χ1) is 18.1. The highest BCUT2D eigenvalue weighted by Crippen LogP contribution is 2.32. The number of hydrogen-bond donors (Lipinski definition) is 4. The smallest absolute Gasteiger partial charge is 0.408 e. The fourth-order valence-corrected chi connectivity index (χ4v) is 5.09. The molecule has 0 unspecified atom stereocenters. The Bertz CT molecular complexity index is 1070. The average molecular weight is 561 g/mol.